The first-order chi connectivity index (χ1) is 34.0. The van der Waals surface area contributed by atoms with E-state index in [4.69, 9.17) is 32.5 Å². The van der Waals surface area contributed by atoms with Gasteiger partial charge in [0.25, 0.3) is 11.1 Å². The van der Waals surface area contributed by atoms with Gasteiger partial charge in [0.15, 0.2) is 11.2 Å². The molecule has 8 rings (SSSR count). The van der Waals surface area contributed by atoms with Gasteiger partial charge in [0.1, 0.15) is 41.8 Å². The predicted octanol–water partition coefficient (Wildman–Crippen LogP) is 6.20. The molecule has 3 aromatic heterocycles. The fraction of sp³-hybridized carbons (Fsp3) is 0.451. The molecule has 2 fully saturated rings. The number of carbonyl (C=O) groups is 1. The van der Waals surface area contributed by atoms with Crippen molar-refractivity contribution >= 4 is 31.6 Å². The number of imidazole rings is 1. The lowest BCUT2D eigenvalue weighted by molar-refractivity contribution is -0.118. The number of aliphatic hydroxyl groups is 1. The molecule has 6 aromatic rings. The smallest absolute Gasteiger partial charge is 0.344 e. The summed E-state index contributed by atoms with van der Waals surface area (Å²) >= 11 is 0. The molecule has 1 amide bonds. The molecule has 71 heavy (non-hydrogen) atoms. The maximum atomic E-state index is 13.4. The van der Waals surface area contributed by atoms with Gasteiger partial charge in [-0.05, 0) is 59.0 Å². The lowest BCUT2D eigenvalue weighted by atomic mass is 9.80. The number of benzene rings is 3. The third-order valence-corrected chi connectivity index (χ3v) is 18.0. The normalized spacial score (nSPS) is 20.6. The van der Waals surface area contributed by atoms with E-state index in [1.165, 1.54) is 17.1 Å². The summed E-state index contributed by atoms with van der Waals surface area (Å²) < 4.78 is 49.7. The summed E-state index contributed by atoms with van der Waals surface area (Å²) in [5.74, 6) is 0.591. The number of aromatic amines is 2. The predicted molar refractivity (Wildman–Crippen MR) is 266 cm³/mol. The van der Waals surface area contributed by atoms with Gasteiger partial charge in [-0.3, -0.25) is 38.8 Å². The molecule has 0 unspecified atom stereocenters. The first kappa shape index (κ1) is 51.1. The van der Waals surface area contributed by atoms with Crippen LogP contribution in [0.4, 0.5) is 5.95 Å². The van der Waals surface area contributed by atoms with E-state index in [9.17, 15) is 24.3 Å². The third kappa shape index (κ3) is 10.1. The number of nitrogens with zero attached hydrogens (tertiary/aromatic N) is 4. The number of aromatic nitrogens is 6. The van der Waals surface area contributed by atoms with Crippen molar-refractivity contribution in [2.24, 2.45) is 5.92 Å². The monoisotopic (exact) mass is 993 g/mol. The van der Waals surface area contributed by atoms with E-state index < -0.39 is 74.4 Å². The van der Waals surface area contributed by atoms with E-state index in [1.54, 1.807) is 39.6 Å². The average Bonchev–Trinajstić information content (AvgIpc) is 4.10. The Bertz CT molecular complexity index is 2920. The number of hydrogen-bond donors (Lipinski definition) is 4. The second kappa shape index (κ2) is 21.2. The molecule has 5 heterocycles. The van der Waals surface area contributed by atoms with Crippen LogP contribution in [-0.2, 0) is 33.5 Å². The Morgan fingerprint density at radius 3 is 1.89 bits per heavy atom. The molecule has 3 aromatic carbocycles. The van der Waals surface area contributed by atoms with Crippen molar-refractivity contribution in [3.8, 4) is 11.5 Å². The molecule has 0 saturated carbocycles. The van der Waals surface area contributed by atoms with Crippen molar-refractivity contribution in [3.63, 3.8) is 0 Å². The number of nitrogens with one attached hydrogen (secondary N) is 3. The first-order valence-corrected chi connectivity index (χ1v) is 25.8. The van der Waals surface area contributed by atoms with Crippen LogP contribution in [0, 0.1) is 12.8 Å². The second-order valence-electron chi connectivity index (χ2n) is 18.9. The zero-order chi connectivity index (χ0) is 50.8. The molecule has 6 atom stereocenters. The minimum Gasteiger partial charge on any atom is -0.497 e. The highest BCUT2D eigenvalue weighted by Crippen LogP contribution is 2.46. The van der Waals surface area contributed by atoms with Crippen molar-refractivity contribution in [2.75, 3.05) is 32.8 Å². The van der Waals surface area contributed by atoms with E-state index in [2.05, 4.69) is 25.3 Å². The number of aliphatic hydroxyl groups excluding tert-OH is 1. The second-order valence-corrected chi connectivity index (χ2v) is 23.2. The number of carbonyl (C=O) groups excluding carboxylic acids is 1. The van der Waals surface area contributed by atoms with E-state index in [1.807, 2.05) is 107 Å². The third-order valence-electron chi connectivity index (χ3n) is 13.4. The molecule has 0 radical (unpaired) electrons. The quantitative estimate of drug-likeness (QED) is 0.0523. The number of rotatable bonds is 19. The number of amides is 1. The molecule has 0 spiro atoms. The molecular weight excluding hydrogens is 931 g/mol. The highest BCUT2D eigenvalue weighted by atomic mass is 28.4. The molecule has 2 saturated heterocycles. The fourth-order valence-corrected chi connectivity index (χ4v) is 13.5. The number of H-pyrrole nitrogens is 2. The van der Waals surface area contributed by atoms with E-state index in [0.29, 0.717) is 17.1 Å². The molecular formula is C51H63N7O12Si. The largest absolute Gasteiger partial charge is 0.497 e. The molecule has 20 heteroatoms. The summed E-state index contributed by atoms with van der Waals surface area (Å²) in [4.78, 5) is 65.6. The van der Waals surface area contributed by atoms with Gasteiger partial charge in [0.05, 0.1) is 46.0 Å². The molecule has 19 nitrogen and oxygen atoms in total. The van der Waals surface area contributed by atoms with Gasteiger partial charge in [0, 0.05) is 30.5 Å². The van der Waals surface area contributed by atoms with Gasteiger partial charge in [-0.1, -0.05) is 96.1 Å². The summed E-state index contributed by atoms with van der Waals surface area (Å²) in [6.45, 7) is 12.8. The highest BCUT2D eigenvalue weighted by molar-refractivity contribution is 6.70. The molecule has 0 bridgehead atoms. The van der Waals surface area contributed by atoms with E-state index in [-0.39, 0.29) is 59.5 Å². The van der Waals surface area contributed by atoms with Crippen LogP contribution in [0.25, 0.3) is 11.2 Å². The van der Waals surface area contributed by atoms with Crippen molar-refractivity contribution in [1.29, 1.82) is 0 Å². The van der Waals surface area contributed by atoms with E-state index in [0.717, 1.165) is 16.7 Å². The molecule has 4 N–H and O–H groups in total. The van der Waals surface area contributed by atoms with Gasteiger partial charge < -0.3 is 37.6 Å². The summed E-state index contributed by atoms with van der Waals surface area (Å²) in [6, 6.07) is 25.3. The van der Waals surface area contributed by atoms with Crippen molar-refractivity contribution in [3.05, 3.63) is 145 Å². The number of anilines is 1. The number of methoxy groups -OCH3 is 2. The van der Waals surface area contributed by atoms with Crippen LogP contribution in [0.5, 0.6) is 11.5 Å². The summed E-state index contributed by atoms with van der Waals surface area (Å²) in [6.07, 6.45) is -1.34. The van der Waals surface area contributed by atoms with Crippen molar-refractivity contribution in [2.45, 2.75) is 115 Å². The highest BCUT2D eigenvalue weighted by Gasteiger charge is 2.54. The Morgan fingerprint density at radius 1 is 0.789 bits per heavy atom. The molecule has 378 valence electrons. The Balaban J connectivity index is 1.22. The minimum atomic E-state index is -3.49. The minimum absolute atomic E-state index is 0.0329. The fourth-order valence-electron chi connectivity index (χ4n) is 9.55. The Morgan fingerprint density at radius 2 is 1.34 bits per heavy atom. The average molecular weight is 994 g/mol. The topological polar surface area (TPSA) is 232 Å². The zero-order valence-electron chi connectivity index (χ0n) is 41.4. The van der Waals surface area contributed by atoms with Gasteiger partial charge >= 0.3 is 14.3 Å². The van der Waals surface area contributed by atoms with Crippen molar-refractivity contribution in [1.82, 2.24) is 29.1 Å². The van der Waals surface area contributed by atoms with Crippen LogP contribution in [0.1, 0.15) is 89.1 Å². The van der Waals surface area contributed by atoms with Crippen LogP contribution in [0.2, 0.25) is 11.1 Å². The van der Waals surface area contributed by atoms with Gasteiger partial charge in [0.2, 0.25) is 11.9 Å². The van der Waals surface area contributed by atoms with Crippen LogP contribution in [0.3, 0.4) is 0 Å². The number of hydrogen-bond acceptors (Lipinski definition) is 14. The number of ether oxygens (including phenoxy) is 5. The van der Waals surface area contributed by atoms with Crippen LogP contribution < -0.4 is 31.6 Å². The van der Waals surface area contributed by atoms with Crippen LogP contribution in [-0.4, -0.2) is 100 Å². The van der Waals surface area contributed by atoms with E-state index >= 15 is 0 Å². The Hall–Kier alpha value is -6.26. The van der Waals surface area contributed by atoms with Gasteiger partial charge in [-0.2, -0.15) is 4.98 Å². The molecule has 0 aliphatic carbocycles. The first-order valence-electron chi connectivity index (χ1n) is 23.9. The molecule has 2 aliphatic rings. The Kier molecular flexibility index (Phi) is 15.3. The zero-order valence-corrected chi connectivity index (χ0v) is 42.4. The summed E-state index contributed by atoms with van der Waals surface area (Å²) in [7, 11) is -0.262. The molecule has 2 aliphatic heterocycles. The van der Waals surface area contributed by atoms with Crippen LogP contribution in [0.15, 0.2) is 106 Å². The van der Waals surface area contributed by atoms with Gasteiger partial charge in [-0.25, -0.2) is 9.78 Å². The summed E-state index contributed by atoms with van der Waals surface area (Å²) in [5, 5.41) is 13.4. The Labute approximate surface area is 411 Å². The lowest BCUT2D eigenvalue weighted by Gasteiger charge is -2.43. The standard InChI is InChI=1S/C51H63N7O12Si/c1-29(2)46(60)54-49-53-45-44(48(62)55-49)52-28-58(45)43-24-39(70-71(30(3)4,31(5)6)69-38-23-42(67-40(38)26-59)57-25-32(7)47(61)56-50(57)63)41(68-43)27-66-51(33-13-11-10-12-14-33,34-15-19-36(64-8)20-16-34)35-17-21-37(65-9)22-18-35/h10-22,25,28-31,38-43,59H,23-24,26-27H2,1-9H3,(H,56,61,63)(H2,53,54,55,60,62)/t38-,39+,40+,41-,42+,43-/m1/s1. The van der Waals surface area contributed by atoms with Crippen LogP contribution >= 0.6 is 0 Å². The maximum Gasteiger partial charge on any atom is 0.344 e. The van der Waals surface area contributed by atoms with Gasteiger partial charge in [-0.15, -0.1) is 0 Å². The number of aryl methyl sites for hydroxylation is 1. The maximum absolute atomic E-state index is 13.4. The summed E-state index contributed by atoms with van der Waals surface area (Å²) in [5.41, 5.74) is -0.243. The SMILES string of the molecule is COc1ccc(C(OC[C@H]2O[C@@H](n3cnc4c(=O)[nH]c(NC(=O)C(C)C)nc43)C[C@@H]2O[Si](O[C@@H]2C[C@@H](n3cc(C)c(=O)[nH]c3=O)O[C@H]2CO)(C(C)C)C(C)C)(c2ccccc2)c2ccc(OC)cc2)cc1. The number of fused-ring (bicyclic) bond motifs is 1. The van der Waals surface area contributed by atoms with Crippen molar-refractivity contribution < 1.29 is 42.4 Å². The lowest BCUT2D eigenvalue weighted by Crippen LogP contribution is -2.55.